The van der Waals surface area contributed by atoms with Gasteiger partial charge in [0.05, 0.1) is 7.11 Å². The summed E-state index contributed by atoms with van der Waals surface area (Å²) < 4.78 is 5.16. The van der Waals surface area contributed by atoms with E-state index in [1.54, 1.807) is 20.1 Å². The zero-order valence-corrected chi connectivity index (χ0v) is 15.0. The molecule has 1 aromatic heterocycles. The number of piperidine rings is 1. The van der Waals surface area contributed by atoms with Gasteiger partial charge in [0, 0.05) is 24.8 Å². The third-order valence-corrected chi connectivity index (χ3v) is 4.49. The fourth-order valence-corrected chi connectivity index (χ4v) is 2.94. The van der Waals surface area contributed by atoms with Crippen LogP contribution in [-0.4, -0.2) is 41.0 Å². The quantitative estimate of drug-likeness (QED) is 0.924. The number of nitrogens with one attached hydrogen (secondary N) is 1. The number of carbonyl (C=O) groups excluding carboxylic acids is 1. The maximum atomic E-state index is 12.7. The Labute approximate surface area is 148 Å². The zero-order chi connectivity index (χ0) is 17.8. The van der Waals surface area contributed by atoms with E-state index in [1.165, 1.54) is 0 Å². The molecular weight excluding hydrogens is 316 g/mol. The van der Waals surface area contributed by atoms with Crippen molar-refractivity contribution in [1.29, 1.82) is 0 Å². The number of hydrogen-bond donors (Lipinski definition) is 1. The van der Waals surface area contributed by atoms with Gasteiger partial charge in [0.15, 0.2) is 0 Å². The summed E-state index contributed by atoms with van der Waals surface area (Å²) in [5, 5.41) is 3.22. The van der Waals surface area contributed by atoms with Gasteiger partial charge in [-0.1, -0.05) is 6.92 Å². The molecule has 1 amide bonds. The van der Waals surface area contributed by atoms with E-state index in [0.29, 0.717) is 23.3 Å². The van der Waals surface area contributed by atoms with E-state index in [2.05, 4.69) is 22.2 Å². The summed E-state index contributed by atoms with van der Waals surface area (Å²) >= 11 is 0. The van der Waals surface area contributed by atoms with Crippen molar-refractivity contribution >= 4 is 17.4 Å². The average Bonchev–Trinajstić information content (AvgIpc) is 2.62. The summed E-state index contributed by atoms with van der Waals surface area (Å²) in [7, 11) is 1.63. The van der Waals surface area contributed by atoms with Crippen molar-refractivity contribution in [2.45, 2.75) is 26.7 Å². The van der Waals surface area contributed by atoms with Gasteiger partial charge < -0.3 is 15.0 Å². The minimum atomic E-state index is -0.0184. The first-order valence-corrected chi connectivity index (χ1v) is 8.61. The Kier molecular flexibility index (Phi) is 5.16. The second-order valence-electron chi connectivity index (χ2n) is 6.51. The van der Waals surface area contributed by atoms with E-state index in [-0.39, 0.29) is 5.91 Å². The Morgan fingerprint density at radius 2 is 1.88 bits per heavy atom. The molecule has 0 atom stereocenters. The molecule has 132 valence electrons. The second-order valence-corrected chi connectivity index (χ2v) is 6.51. The third-order valence-electron chi connectivity index (χ3n) is 4.49. The highest BCUT2D eigenvalue weighted by atomic mass is 16.5. The number of hydrogen-bond acceptors (Lipinski definition) is 5. The van der Waals surface area contributed by atoms with Crippen molar-refractivity contribution in [1.82, 2.24) is 14.9 Å². The lowest BCUT2D eigenvalue weighted by atomic mass is 9.99. The molecule has 1 aliphatic rings. The Bertz CT molecular complexity index is 738. The Hall–Kier alpha value is -2.63. The number of aryl methyl sites for hydroxylation is 1. The average molecular weight is 340 g/mol. The monoisotopic (exact) mass is 340 g/mol. The predicted octanol–water partition coefficient (Wildman–Crippen LogP) is 3.41. The number of amides is 1. The van der Waals surface area contributed by atoms with Crippen molar-refractivity contribution < 1.29 is 9.53 Å². The Morgan fingerprint density at radius 3 is 2.52 bits per heavy atom. The molecule has 2 heterocycles. The van der Waals surface area contributed by atoms with Gasteiger partial charge in [-0.2, -0.15) is 0 Å². The van der Waals surface area contributed by atoms with Crippen molar-refractivity contribution in [3.8, 4) is 5.75 Å². The predicted molar refractivity (Wildman–Crippen MR) is 97.3 cm³/mol. The first-order chi connectivity index (χ1) is 12.0. The second kappa shape index (κ2) is 7.51. The maximum Gasteiger partial charge on any atom is 0.272 e. The smallest absolute Gasteiger partial charge is 0.272 e. The summed E-state index contributed by atoms with van der Waals surface area (Å²) in [6, 6.07) is 9.28. The highest BCUT2D eigenvalue weighted by molar-refractivity contribution is 5.93. The highest BCUT2D eigenvalue weighted by Crippen LogP contribution is 2.21. The van der Waals surface area contributed by atoms with Crippen molar-refractivity contribution in [2.75, 3.05) is 25.5 Å². The highest BCUT2D eigenvalue weighted by Gasteiger charge is 2.23. The lowest BCUT2D eigenvalue weighted by molar-refractivity contribution is 0.0691. The molecule has 0 saturated carbocycles. The molecule has 25 heavy (non-hydrogen) atoms. The molecule has 2 aromatic rings. The number of likely N-dealkylation sites (tertiary alicyclic amines) is 1. The number of benzene rings is 1. The van der Waals surface area contributed by atoms with E-state index in [0.717, 1.165) is 37.4 Å². The van der Waals surface area contributed by atoms with Crippen molar-refractivity contribution in [3.63, 3.8) is 0 Å². The zero-order valence-electron chi connectivity index (χ0n) is 15.0. The van der Waals surface area contributed by atoms with Gasteiger partial charge in [0.1, 0.15) is 23.1 Å². The molecule has 0 aliphatic carbocycles. The SMILES string of the molecule is COc1ccc(Nc2cc(C(=O)N3CCC(C)CC3)nc(C)n2)cc1. The topological polar surface area (TPSA) is 67.3 Å². The molecule has 1 aliphatic heterocycles. The van der Waals surface area contributed by atoms with Crippen LogP contribution in [0.3, 0.4) is 0 Å². The van der Waals surface area contributed by atoms with E-state index in [4.69, 9.17) is 4.74 Å². The molecule has 1 fully saturated rings. The summed E-state index contributed by atoms with van der Waals surface area (Å²) in [5.41, 5.74) is 1.32. The number of nitrogens with zero attached hydrogens (tertiary/aromatic N) is 3. The fourth-order valence-electron chi connectivity index (χ4n) is 2.94. The van der Waals surface area contributed by atoms with Gasteiger partial charge in [-0.3, -0.25) is 4.79 Å². The van der Waals surface area contributed by atoms with Crippen molar-refractivity contribution in [2.24, 2.45) is 5.92 Å². The number of ether oxygens (including phenoxy) is 1. The number of rotatable bonds is 4. The molecule has 0 unspecified atom stereocenters. The largest absolute Gasteiger partial charge is 0.497 e. The lowest BCUT2D eigenvalue weighted by Gasteiger charge is -2.30. The fraction of sp³-hybridized carbons (Fsp3) is 0.421. The Balaban J connectivity index is 1.76. The minimum absolute atomic E-state index is 0.0184. The number of aromatic nitrogens is 2. The summed E-state index contributed by atoms with van der Waals surface area (Å²) in [4.78, 5) is 23.3. The van der Waals surface area contributed by atoms with Gasteiger partial charge in [0.2, 0.25) is 0 Å². The molecule has 1 saturated heterocycles. The van der Waals surface area contributed by atoms with E-state index in [9.17, 15) is 4.79 Å². The van der Waals surface area contributed by atoms with E-state index >= 15 is 0 Å². The van der Waals surface area contributed by atoms with Crippen LogP contribution in [0.15, 0.2) is 30.3 Å². The van der Waals surface area contributed by atoms with E-state index < -0.39 is 0 Å². The van der Waals surface area contributed by atoms with Crippen LogP contribution in [0.1, 0.15) is 36.1 Å². The first-order valence-electron chi connectivity index (χ1n) is 8.61. The standard InChI is InChI=1S/C19H24N4O2/c1-13-8-10-23(11-9-13)19(24)17-12-18(21-14(2)20-17)22-15-4-6-16(25-3)7-5-15/h4-7,12-13H,8-11H2,1-3H3,(H,20,21,22). The third kappa shape index (κ3) is 4.26. The summed E-state index contributed by atoms with van der Waals surface area (Å²) in [6.45, 7) is 5.62. The molecule has 0 spiro atoms. The van der Waals surface area contributed by atoms with Crippen LogP contribution in [0.25, 0.3) is 0 Å². The normalized spacial score (nSPS) is 15.1. The lowest BCUT2D eigenvalue weighted by Crippen LogP contribution is -2.38. The molecule has 1 aromatic carbocycles. The molecule has 6 nitrogen and oxygen atoms in total. The van der Waals surface area contributed by atoms with Crippen LogP contribution >= 0.6 is 0 Å². The maximum absolute atomic E-state index is 12.7. The van der Waals surface area contributed by atoms with Gasteiger partial charge >= 0.3 is 0 Å². The Morgan fingerprint density at radius 1 is 1.20 bits per heavy atom. The number of carbonyl (C=O) groups is 1. The number of anilines is 2. The van der Waals surface area contributed by atoms with Gasteiger partial charge in [-0.15, -0.1) is 0 Å². The van der Waals surface area contributed by atoms with Crippen LogP contribution in [0.2, 0.25) is 0 Å². The van der Waals surface area contributed by atoms with Gasteiger partial charge in [0.25, 0.3) is 5.91 Å². The van der Waals surface area contributed by atoms with Crippen LogP contribution in [0.4, 0.5) is 11.5 Å². The summed E-state index contributed by atoms with van der Waals surface area (Å²) in [6.07, 6.45) is 2.10. The molecular formula is C19H24N4O2. The molecule has 0 radical (unpaired) electrons. The van der Waals surface area contributed by atoms with Crippen LogP contribution in [0.5, 0.6) is 5.75 Å². The molecule has 0 bridgehead atoms. The minimum Gasteiger partial charge on any atom is -0.497 e. The molecule has 3 rings (SSSR count). The number of methoxy groups -OCH3 is 1. The van der Waals surface area contributed by atoms with Gasteiger partial charge in [-0.05, 0) is 49.9 Å². The first kappa shape index (κ1) is 17.2. The molecule has 6 heteroatoms. The summed E-state index contributed by atoms with van der Waals surface area (Å²) in [5.74, 6) is 2.65. The van der Waals surface area contributed by atoms with Crippen LogP contribution < -0.4 is 10.1 Å². The van der Waals surface area contributed by atoms with Crippen LogP contribution in [0, 0.1) is 12.8 Å². The van der Waals surface area contributed by atoms with Crippen molar-refractivity contribution in [3.05, 3.63) is 41.9 Å². The van der Waals surface area contributed by atoms with Crippen LogP contribution in [-0.2, 0) is 0 Å². The van der Waals surface area contributed by atoms with Gasteiger partial charge in [-0.25, -0.2) is 9.97 Å². The molecule has 1 N–H and O–H groups in total. The van der Waals surface area contributed by atoms with E-state index in [1.807, 2.05) is 29.2 Å².